The van der Waals surface area contributed by atoms with Gasteiger partial charge in [-0.05, 0) is 38.0 Å². The number of carbonyl (C=O) groups excluding carboxylic acids is 1. The zero-order chi connectivity index (χ0) is 23.4. The first-order valence-electron chi connectivity index (χ1n) is 10.3. The fraction of sp³-hybridized carbons (Fsp3) is 0.364. The van der Waals surface area contributed by atoms with Gasteiger partial charge in [0.05, 0.1) is 36.0 Å². The van der Waals surface area contributed by atoms with Crippen LogP contribution in [0.5, 0.6) is 5.75 Å². The van der Waals surface area contributed by atoms with Crippen molar-refractivity contribution in [1.29, 1.82) is 0 Å². The number of methoxy groups -OCH3 is 1. The molecule has 1 N–H and O–H groups in total. The van der Waals surface area contributed by atoms with E-state index in [-0.39, 0.29) is 34.6 Å². The summed E-state index contributed by atoms with van der Waals surface area (Å²) < 4.78 is 31.5. The predicted molar refractivity (Wildman–Crippen MR) is 122 cm³/mol. The second-order valence-corrected chi connectivity index (χ2v) is 8.88. The number of aryl methyl sites for hydroxylation is 1. The van der Waals surface area contributed by atoms with E-state index in [9.17, 15) is 9.18 Å². The van der Waals surface area contributed by atoms with Crippen LogP contribution in [-0.4, -0.2) is 47.5 Å². The fourth-order valence-electron chi connectivity index (χ4n) is 3.46. The molecule has 0 saturated carbocycles. The van der Waals surface area contributed by atoms with E-state index in [2.05, 4.69) is 20.5 Å². The minimum atomic E-state index is -0.683. The highest BCUT2D eigenvalue weighted by Gasteiger charge is 2.23. The molecule has 1 amide bonds. The molecule has 0 aliphatic carbocycles. The van der Waals surface area contributed by atoms with Crippen molar-refractivity contribution in [2.24, 2.45) is 0 Å². The van der Waals surface area contributed by atoms with E-state index < -0.39 is 11.7 Å². The second-order valence-electron chi connectivity index (χ2n) is 7.42. The standard InChI is InChI=1S/C22H22ClFN4O4S/c1-12-8-14(19-17(30-2)6-5-16(23)20(19)24)15(9-25-12)21(29)26-22-28-27-18(33-22)11-32-13-4-3-7-31-10-13/h5-6,8-9,13H,3-4,7,10-11H2,1-2H3,(H,26,28,29). The number of nitrogens with one attached hydrogen (secondary N) is 1. The van der Waals surface area contributed by atoms with Crippen molar-refractivity contribution in [1.82, 2.24) is 15.2 Å². The normalized spacial score (nSPS) is 15.9. The smallest absolute Gasteiger partial charge is 0.259 e. The molecule has 1 unspecified atom stereocenters. The van der Waals surface area contributed by atoms with Gasteiger partial charge in [0.2, 0.25) is 5.13 Å². The van der Waals surface area contributed by atoms with E-state index in [0.717, 1.165) is 19.4 Å². The third-order valence-corrected chi connectivity index (χ3v) is 6.18. The molecule has 11 heteroatoms. The maximum atomic E-state index is 15.0. The highest BCUT2D eigenvalue weighted by molar-refractivity contribution is 7.15. The minimum Gasteiger partial charge on any atom is -0.496 e. The summed E-state index contributed by atoms with van der Waals surface area (Å²) in [5.74, 6) is -0.945. The Kier molecular flexibility index (Phi) is 7.49. The molecular weight excluding hydrogens is 471 g/mol. The maximum absolute atomic E-state index is 15.0. The monoisotopic (exact) mass is 492 g/mol. The molecule has 1 saturated heterocycles. The van der Waals surface area contributed by atoms with Crippen molar-refractivity contribution in [3.63, 3.8) is 0 Å². The van der Waals surface area contributed by atoms with Crippen LogP contribution in [0.2, 0.25) is 5.02 Å². The second kappa shape index (κ2) is 10.5. The Labute approximate surface area is 199 Å². The van der Waals surface area contributed by atoms with Gasteiger partial charge >= 0.3 is 0 Å². The number of aromatic nitrogens is 3. The van der Waals surface area contributed by atoms with E-state index in [1.807, 2.05) is 0 Å². The summed E-state index contributed by atoms with van der Waals surface area (Å²) in [4.78, 5) is 17.3. The van der Waals surface area contributed by atoms with Gasteiger partial charge in [-0.15, -0.1) is 10.2 Å². The lowest BCUT2D eigenvalue weighted by Gasteiger charge is -2.21. The number of ether oxygens (including phenoxy) is 3. The summed E-state index contributed by atoms with van der Waals surface area (Å²) in [5, 5.41) is 11.6. The largest absolute Gasteiger partial charge is 0.496 e. The maximum Gasteiger partial charge on any atom is 0.259 e. The van der Waals surface area contributed by atoms with Gasteiger partial charge in [-0.3, -0.25) is 15.1 Å². The van der Waals surface area contributed by atoms with Gasteiger partial charge in [0.1, 0.15) is 17.4 Å². The predicted octanol–water partition coefficient (Wildman–Crippen LogP) is 4.66. The highest BCUT2D eigenvalue weighted by Crippen LogP contribution is 2.38. The van der Waals surface area contributed by atoms with Crippen LogP contribution in [0, 0.1) is 12.7 Å². The summed E-state index contributed by atoms with van der Waals surface area (Å²) in [5.41, 5.74) is 1.14. The van der Waals surface area contributed by atoms with Crippen molar-refractivity contribution in [2.75, 3.05) is 25.6 Å². The summed E-state index contributed by atoms with van der Waals surface area (Å²) in [6.07, 6.45) is 3.32. The first-order valence-corrected chi connectivity index (χ1v) is 11.5. The van der Waals surface area contributed by atoms with Gasteiger partial charge in [0.25, 0.3) is 5.91 Å². The number of hydrogen-bond acceptors (Lipinski definition) is 8. The highest BCUT2D eigenvalue weighted by atomic mass is 35.5. The third-order valence-electron chi connectivity index (χ3n) is 5.08. The van der Waals surface area contributed by atoms with Gasteiger partial charge in [0.15, 0.2) is 5.82 Å². The lowest BCUT2D eigenvalue weighted by atomic mass is 9.98. The van der Waals surface area contributed by atoms with Gasteiger partial charge in [0, 0.05) is 24.1 Å². The number of carbonyl (C=O) groups is 1. The number of nitrogens with zero attached hydrogens (tertiary/aromatic N) is 3. The van der Waals surface area contributed by atoms with Crippen LogP contribution in [-0.2, 0) is 16.1 Å². The number of halogens is 2. The quantitative estimate of drug-likeness (QED) is 0.512. The molecule has 1 aromatic carbocycles. The lowest BCUT2D eigenvalue weighted by Crippen LogP contribution is -2.25. The Morgan fingerprint density at radius 1 is 1.39 bits per heavy atom. The van der Waals surface area contributed by atoms with Crippen LogP contribution >= 0.6 is 22.9 Å². The SMILES string of the molecule is COc1ccc(Cl)c(F)c1-c1cc(C)ncc1C(=O)Nc1nnc(COC2CCCOC2)s1. The number of anilines is 1. The Balaban J connectivity index is 1.54. The van der Waals surface area contributed by atoms with Crippen LogP contribution in [0.1, 0.15) is 33.9 Å². The zero-order valence-electron chi connectivity index (χ0n) is 18.1. The Morgan fingerprint density at radius 3 is 3.00 bits per heavy atom. The van der Waals surface area contributed by atoms with E-state index >= 15 is 0 Å². The summed E-state index contributed by atoms with van der Waals surface area (Å²) in [6, 6.07) is 4.56. The molecule has 0 spiro atoms. The molecule has 3 heterocycles. The zero-order valence-corrected chi connectivity index (χ0v) is 19.6. The van der Waals surface area contributed by atoms with Crippen LogP contribution in [0.3, 0.4) is 0 Å². The van der Waals surface area contributed by atoms with Crippen LogP contribution in [0.15, 0.2) is 24.4 Å². The molecule has 4 rings (SSSR count). The molecule has 8 nitrogen and oxygen atoms in total. The average molecular weight is 493 g/mol. The van der Waals surface area contributed by atoms with Crippen LogP contribution in [0.4, 0.5) is 9.52 Å². The van der Waals surface area contributed by atoms with Crippen LogP contribution in [0.25, 0.3) is 11.1 Å². The molecule has 2 aromatic heterocycles. The van der Waals surface area contributed by atoms with E-state index in [1.165, 1.54) is 30.7 Å². The summed E-state index contributed by atoms with van der Waals surface area (Å²) in [7, 11) is 1.42. The Morgan fingerprint density at radius 2 is 2.24 bits per heavy atom. The first-order chi connectivity index (χ1) is 16.0. The lowest BCUT2D eigenvalue weighted by molar-refractivity contribution is -0.0570. The number of rotatable bonds is 7. The van der Waals surface area contributed by atoms with Crippen molar-refractivity contribution in [3.8, 4) is 16.9 Å². The van der Waals surface area contributed by atoms with Gasteiger partial charge < -0.3 is 14.2 Å². The first kappa shape index (κ1) is 23.5. The summed E-state index contributed by atoms with van der Waals surface area (Å²) in [6.45, 7) is 3.35. The van der Waals surface area contributed by atoms with Crippen molar-refractivity contribution >= 4 is 34.0 Å². The third kappa shape index (κ3) is 5.47. The van der Waals surface area contributed by atoms with Crippen molar-refractivity contribution in [2.45, 2.75) is 32.5 Å². The number of benzene rings is 1. The molecule has 1 aliphatic rings. The van der Waals surface area contributed by atoms with Gasteiger partial charge in [-0.1, -0.05) is 22.9 Å². The number of pyridine rings is 1. The van der Waals surface area contributed by atoms with Crippen molar-refractivity contribution in [3.05, 3.63) is 51.5 Å². The number of hydrogen-bond donors (Lipinski definition) is 1. The minimum absolute atomic E-state index is 0.0319. The topological polar surface area (TPSA) is 95.5 Å². The fourth-order valence-corrected chi connectivity index (χ4v) is 4.27. The molecule has 174 valence electrons. The molecule has 1 fully saturated rings. The van der Waals surface area contributed by atoms with E-state index in [0.29, 0.717) is 28.0 Å². The number of amides is 1. The Hall–Kier alpha value is -2.66. The molecule has 3 aromatic rings. The van der Waals surface area contributed by atoms with Crippen LogP contribution < -0.4 is 10.1 Å². The molecular formula is C22H22ClFN4O4S. The van der Waals surface area contributed by atoms with E-state index in [4.69, 9.17) is 25.8 Å². The Bertz CT molecular complexity index is 1150. The molecule has 1 aliphatic heterocycles. The summed E-state index contributed by atoms with van der Waals surface area (Å²) >= 11 is 7.20. The van der Waals surface area contributed by atoms with Crippen molar-refractivity contribution < 1.29 is 23.4 Å². The molecule has 0 radical (unpaired) electrons. The van der Waals surface area contributed by atoms with E-state index in [1.54, 1.807) is 19.1 Å². The molecule has 1 atom stereocenters. The molecule has 33 heavy (non-hydrogen) atoms. The molecule has 0 bridgehead atoms. The van der Waals surface area contributed by atoms with Gasteiger partial charge in [-0.2, -0.15) is 0 Å². The van der Waals surface area contributed by atoms with Gasteiger partial charge in [-0.25, -0.2) is 4.39 Å². The average Bonchev–Trinajstić information content (AvgIpc) is 3.27.